The lowest BCUT2D eigenvalue weighted by molar-refractivity contribution is -0.135. The molecule has 0 saturated carbocycles. The molecule has 2 heterocycles. The summed E-state index contributed by atoms with van der Waals surface area (Å²) in [7, 11) is 0. The van der Waals surface area contributed by atoms with Crippen LogP contribution >= 0.6 is 0 Å². The third-order valence-electron chi connectivity index (χ3n) is 4.94. The van der Waals surface area contributed by atoms with Gasteiger partial charge in [-0.3, -0.25) is 14.5 Å². The number of nitrogens with one attached hydrogen (secondary N) is 3. The maximum Gasteiger partial charge on any atom is 0.325 e. The van der Waals surface area contributed by atoms with E-state index in [1.54, 1.807) is 0 Å². The van der Waals surface area contributed by atoms with E-state index in [-0.39, 0.29) is 18.4 Å². The molecule has 0 aliphatic carbocycles. The molecule has 24 heavy (non-hydrogen) atoms. The molecule has 0 atom stereocenters. The normalized spacial score (nSPS) is 21.0. The summed E-state index contributed by atoms with van der Waals surface area (Å²) in [5, 5.41) is 8.83. The lowest BCUT2D eigenvalue weighted by Crippen LogP contribution is -2.47. The van der Waals surface area contributed by atoms with Crippen LogP contribution in [-0.2, 0) is 9.59 Å². The highest BCUT2D eigenvalue weighted by molar-refractivity contribution is 6.08. The minimum atomic E-state index is -0.848. The average Bonchev–Trinajstić information content (AvgIpc) is 2.84. The van der Waals surface area contributed by atoms with Crippen LogP contribution in [0.25, 0.3) is 0 Å². The van der Waals surface area contributed by atoms with Crippen LogP contribution in [-0.4, -0.2) is 79.0 Å². The number of hydrogen-bond donors (Lipinski definition) is 3. The second kappa shape index (κ2) is 8.43. The maximum absolute atomic E-state index is 12.4. The van der Waals surface area contributed by atoms with Gasteiger partial charge >= 0.3 is 6.03 Å². The van der Waals surface area contributed by atoms with Gasteiger partial charge in [0, 0.05) is 32.7 Å². The zero-order valence-electron chi connectivity index (χ0n) is 14.7. The zero-order valence-corrected chi connectivity index (χ0v) is 14.7. The molecule has 4 amide bonds. The van der Waals surface area contributed by atoms with Crippen molar-refractivity contribution in [2.75, 3.05) is 45.8 Å². The summed E-state index contributed by atoms with van der Waals surface area (Å²) in [5.74, 6) is -0.588. The van der Waals surface area contributed by atoms with Crippen LogP contribution in [0.5, 0.6) is 0 Å². The number of rotatable bonds is 8. The number of carbonyl (C=O) groups is 3. The summed E-state index contributed by atoms with van der Waals surface area (Å²) in [5.41, 5.74) is -0.848. The minimum Gasteiger partial charge on any atom is -0.354 e. The number of imide groups is 1. The quantitative estimate of drug-likeness (QED) is 0.410. The van der Waals surface area contributed by atoms with Crippen LogP contribution in [0.2, 0.25) is 0 Å². The Morgan fingerprint density at radius 1 is 1.21 bits per heavy atom. The lowest BCUT2D eigenvalue weighted by Gasteiger charge is -2.27. The molecule has 0 spiro atoms. The average molecular weight is 339 g/mol. The summed E-state index contributed by atoms with van der Waals surface area (Å²) >= 11 is 0. The smallest absolute Gasteiger partial charge is 0.325 e. The fourth-order valence-electron chi connectivity index (χ4n) is 3.21. The van der Waals surface area contributed by atoms with Crippen molar-refractivity contribution in [3.8, 4) is 0 Å². The van der Waals surface area contributed by atoms with E-state index in [1.807, 2.05) is 13.8 Å². The first-order valence-corrected chi connectivity index (χ1v) is 8.86. The molecule has 0 aromatic rings. The Labute approximate surface area is 143 Å². The molecule has 8 heteroatoms. The number of hydrogen-bond acceptors (Lipinski definition) is 5. The van der Waals surface area contributed by atoms with E-state index < -0.39 is 11.6 Å². The molecular formula is C16H29N5O3. The molecule has 0 aromatic heterocycles. The van der Waals surface area contributed by atoms with Crippen LogP contribution in [0.4, 0.5) is 4.79 Å². The van der Waals surface area contributed by atoms with E-state index in [1.165, 1.54) is 0 Å². The fraction of sp³-hybridized carbons (Fsp3) is 0.812. The molecule has 2 fully saturated rings. The number of carbonyl (C=O) groups excluding carboxylic acids is 3. The molecule has 0 aromatic carbocycles. The number of urea groups is 1. The van der Waals surface area contributed by atoms with Crippen molar-refractivity contribution in [3.05, 3.63) is 0 Å². The summed E-state index contributed by atoms with van der Waals surface area (Å²) < 4.78 is 0. The van der Waals surface area contributed by atoms with Crippen LogP contribution < -0.4 is 16.0 Å². The number of nitrogens with zero attached hydrogens (tertiary/aromatic N) is 2. The summed E-state index contributed by atoms with van der Waals surface area (Å²) in [6.07, 6.45) is 1.91. The summed E-state index contributed by atoms with van der Waals surface area (Å²) in [6.45, 7) is 9.10. The van der Waals surface area contributed by atoms with E-state index in [0.717, 1.165) is 44.0 Å². The molecule has 2 saturated heterocycles. The lowest BCUT2D eigenvalue weighted by atomic mass is 9.93. The van der Waals surface area contributed by atoms with Crippen molar-refractivity contribution in [3.63, 3.8) is 0 Å². The van der Waals surface area contributed by atoms with Gasteiger partial charge in [0.1, 0.15) is 12.1 Å². The molecule has 136 valence electrons. The topological polar surface area (TPSA) is 93.8 Å². The van der Waals surface area contributed by atoms with Gasteiger partial charge in [0.15, 0.2) is 0 Å². The predicted molar refractivity (Wildman–Crippen MR) is 90.5 cm³/mol. The minimum absolute atomic E-state index is 0.208. The Kier molecular flexibility index (Phi) is 6.56. The van der Waals surface area contributed by atoms with Crippen LogP contribution in [0.15, 0.2) is 0 Å². The Hall–Kier alpha value is -1.67. The van der Waals surface area contributed by atoms with Gasteiger partial charge in [-0.15, -0.1) is 0 Å². The number of piperazine rings is 1. The van der Waals surface area contributed by atoms with Gasteiger partial charge in [-0.25, -0.2) is 4.79 Å². The Morgan fingerprint density at radius 3 is 2.46 bits per heavy atom. The first kappa shape index (κ1) is 18.7. The second-order valence-electron chi connectivity index (χ2n) is 6.41. The van der Waals surface area contributed by atoms with Gasteiger partial charge in [0.05, 0.1) is 0 Å². The summed E-state index contributed by atoms with van der Waals surface area (Å²) in [6, 6.07) is -0.473. The monoisotopic (exact) mass is 339 g/mol. The zero-order chi connectivity index (χ0) is 17.6. The Bertz CT molecular complexity index is 472. The number of amides is 4. The molecule has 2 aliphatic rings. The Balaban J connectivity index is 1.72. The first-order valence-electron chi connectivity index (χ1n) is 8.86. The molecule has 2 rings (SSSR count). The van der Waals surface area contributed by atoms with Crippen molar-refractivity contribution < 1.29 is 14.4 Å². The van der Waals surface area contributed by atoms with Gasteiger partial charge in [-0.2, -0.15) is 0 Å². The molecule has 8 nitrogen and oxygen atoms in total. The Morgan fingerprint density at radius 2 is 1.88 bits per heavy atom. The standard InChI is InChI=1S/C16H29N5O3/c1-3-16(4-2)14(23)21(15(24)19-16)12-13(22)18-6-5-9-20-10-7-17-8-11-20/h17H,3-12H2,1-2H3,(H,18,22)(H,19,24). The largest absolute Gasteiger partial charge is 0.354 e. The molecule has 3 N–H and O–H groups in total. The van der Waals surface area contributed by atoms with Crippen LogP contribution in [0.1, 0.15) is 33.1 Å². The molecule has 0 radical (unpaired) electrons. The van der Waals surface area contributed by atoms with E-state index in [9.17, 15) is 14.4 Å². The van der Waals surface area contributed by atoms with Gasteiger partial charge in [-0.05, 0) is 25.8 Å². The van der Waals surface area contributed by atoms with Crippen LogP contribution in [0.3, 0.4) is 0 Å². The van der Waals surface area contributed by atoms with Crippen LogP contribution in [0, 0.1) is 0 Å². The van der Waals surface area contributed by atoms with E-state index in [2.05, 4.69) is 20.9 Å². The van der Waals surface area contributed by atoms with Crippen molar-refractivity contribution in [1.29, 1.82) is 0 Å². The van der Waals surface area contributed by atoms with Crippen molar-refractivity contribution in [1.82, 2.24) is 25.8 Å². The van der Waals surface area contributed by atoms with Crippen molar-refractivity contribution in [2.45, 2.75) is 38.6 Å². The maximum atomic E-state index is 12.4. The van der Waals surface area contributed by atoms with Crippen molar-refractivity contribution in [2.24, 2.45) is 0 Å². The highest BCUT2D eigenvalue weighted by Crippen LogP contribution is 2.24. The summed E-state index contributed by atoms with van der Waals surface area (Å²) in [4.78, 5) is 39.8. The van der Waals surface area contributed by atoms with Gasteiger partial charge in [0.2, 0.25) is 5.91 Å². The highest BCUT2D eigenvalue weighted by atomic mass is 16.2. The third kappa shape index (κ3) is 4.24. The predicted octanol–water partition coefficient (Wildman–Crippen LogP) is -0.491. The van der Waals surface area contributed by atoms with Crippen molar-refractivity contribution >= 4 is 17.8 Å². The van der Waals surface area contributed by atoms with E-state index in [0.29, 0.717) is 19.4 Å². The highest BCUT2D eigenvalue weighted by Gasteiger charge is 2.49. The molecular weight excluding hydrogens is 310 g/mol. The molecule has 0 unspecified atom stereocenters. The van der Waals surface area contributed by atoms with Gasteiger partial charge < -0.3 is 20.9 Å². The SMILES string of the molecule is CCC1(CC)NC(=O)N(CC(=O)NCCCN2CCNCC2)C1=O. The molecule has 0 bridgehead atoms. The third-order valence-corrected chi connectivity index (χ3v) is 4.94. The van der Waals surface area contributed by atoms with Gasteiger partial charge in [-0.1, -0.05) is 13.8 Å². The van der Waals surface area contributed by atoms with E-state index in [4.69, 9.17) is 0 Å². The molecule has 2 aliphatic heterocycles. The van der Waals surface area contributed by atoms with E-state index >= 15 is 0 Å². The first-order chi connectivity index (χ1) is 11.5. The van der Waals surface area contributed by atoms with Gasteiger partial charge in [0.25, 0.3) is 5.91 Å². The second-order valence-corrected chi connectivity index (χ2v) is 6.41. The fourth-order valence-corrected chi connectivity index (χ4v) is 3.21.